The summed E-state index contributed by atoms with van der Waals surface area (Å²) in [4.78, 5) is 33.5. The summed E-state index contributed by atoms with van der Waals surface area (Å²) >= 11 is 0. The molecule has 37 heavy (non-hydrogen) atoms. The third-order valence-electron chi connectivity index (χ3n) is 5.74. The van der Waals surface area contributed by atoms with E-state index < -0.39 is 11.8 Å². The molecule has 0 spiro atoms. The molecule has 4 N–H and O–H groups in total. The van der Waals surface area contributed by atoms with Crippen LogP contribution in [0.2, 0.25) is 0 Å². The molecule has 0 fully saturated rings. The highest BCUT2D eigenvalue weighted by Crippen LogP contribution is 2.31. The second kappa shape index (κ2) is 11.8. The van der Waals surface area contributed by atoms with Gasteiger partial charge in [0.1, 0.15) is 17.4 Å². The van der Waals surface area contributed by atoms with Crippen LogP contribution in [-0.2, 0) is 0 Å². The van der Waals surface area contributed by atoms with Crippen molar-refractivity contribution in [1.82, 2.24) is 14.8 Å². The second-order valence-corrected chi connectivity index (χ2v) is 8.65. The van der Waals surface area contributed by atoms with Gasteiger partial charge in [-0.05, 0) is 49.5 Å². The van der Waals surface area contributed by atoms with Crippen LogP contribution >= 0.6 is 0 Å². The van der Waals surface area contributed by atoms with Gasteiger partial charge < -0.3 is 25.6 Å². The highest BCUT2D eigenvalue weighted by atomic mass is 16.5. The van der Waals surface area contributed by atoms with Crippen molar-refractivity contribution in [2.75, 3.05) is 46.7 Å². The number of nitrogens with two attached hydrogens (primary N) is 1. The number of rotatable bonds is 9. The fourth-order valence-electron chi connectivity index (χ4n) is 3.62. The number of carbonyl (C=O) groups excluding carboxylic acids is 2. The lowest BCUT2D eigenvalue weighted by atomic mass is 9.96. The standard InChI is InChI=1S/C28H30N6O3/c1-6-18-7-12-24(31-17-18)32-28(36)22-15-21(16-23(37-5)25(22)27(30)35)19-8-10-20(11-9-19)26(29)34(4)14-13-33(2)3/h1,7-12,15-17,29H,13-14H2,2-5H3,(H2,30,35)(H,31,32,36). The zero-order valence-corrected chi connectivity index (χ0v) is 21.3. The van der Waals surface area contributed by atoms with Crippen LogP contribution in [0.3, 0.4) is 0 Å². The van der Waals surface area contributed by atoms with Crippen molar-refractivity contribution >= 4 is 23.5 Å². The summed E-state index contributed by atoms with van der Waals surface area (Å²) in [5.41, 5.74) is 8.35. The zero-order chi connectivity index (χ0) is 27.1. The van der Waals surface area contributed by atoms with Gasteiger partial charge >= 0.3 is 0 Å². The molecule has 0 aliphatic heterocycles. The summed E-state index contributed by atoms with van der Waals surface area (Å²) < 4.78 is 5.42. The number of nitrogens with zero attached hydrogens (tertiary/aromatic N) is 3. The van der Waals surface area contributed by atoms with E-state index in [1.165, 1.54) is 13.3 Å². The minimum atomic E-state index is -0.797. The van der Waals surface area contributed by atoms with E-state index in [1.54, 1.807) is 24.3 Å². The van der Waals surface area contributed by atoms with Crippen LogP contribution in [-0.4, -0.2) is 73.8 Å². The lowest BCUT2D eigenvalue weighted by Crippen LogP contribution is -2.33. The van der Waals surface area contributed by atoms with Gasteiger partial charge in [0.15, 0.2) is 0 Å². The Hall–Kier alpha value is -4.68. The molecule has 2 aromatic carbocycles. The summed E-state index contributed by atoms with van der Waals surface area (Å²) in [5.74, 6) is 1.93. The molecule has 190 valence electrons. The summed E-state index contributed by atoms with van der Waals surface area (Å²) in [6.45, 7) is 1.55. The number of amides is 2. The Morgan fingerprint density at radius 2 is 1.78 bits per heavy atom. The van der Waals surface area contributed by atoms with Gasteiger partial charge in [0.25, 0.3) is 11.8 Å². The first kappa shape index (κ1) is 26.9. The summed E-state index contributed by atoms with van der Waals surface area (Å²) in [6, 6.07) is 13.8. The predicted molar refractivity (Wildman–Crippen MR) is 145 cm³/mol. The van der Waals surface area contributed by atoms with Gasteiger partial charge in [0.05, 0.1) is 18.2 Å². The van der Waals surface area contributed by atoms with Crippen molar-refractivity contribution in [3.63, 3.8) is 0 Å². The Labute approximate surface area is 216 Å². The van der Waals surface area contributed by atoms with Crippen LogP contribution in [0.25, 0.3) is 11.1 Å². The number of likely N-dealkylation sites (N-methyl/N-ethyl adjacent to an activating group) is 2. The minimum Gasteiger partial charge on any atom is -0.496 e. The van der Waals surface area contributed by atoms with E-state index in [1.807, 2.05) is 50.3 Å². The van der Waals surface area contributed by atoms with E-state index in [0.717, 1.165) is 24.2 Å². The van der Waals surface area contributed by atoms with Crippen LogP contribution in [0.4, 0.5) is 5.82 Å². The lowest BCUT2D eigenvalue weighted by Gasteiger charge is -2.22. The van der Waals surface area contributed by atoms with Crippen LogP contribution in [0.5, 0.6) is 5.75 Å². The normalized spacial score (nSPS) is 10.5. The maximum atomic E-state index is 13.2. The molecule has 1 aromatic heterocycles. The number of amidine groups is 1. The predicted octanol–water partition coefficient (Wildman–Crippen LogP) is 2.91. The smallest absolute Gasteiger partial charge is 0.257 e. The van der Waals surface area contributed by atoms with Crippen molar-refractivity contribution in [2.24, 2.45) is 5.73 Å². The maximum Gasteiger partial charge on any atom is 0.257 e. The number of nitrogens with one attached hydrogen (secondary N) is 2. The molecular weight excluding hydrogens is 468 g/mol. The number of ether oxygens (including phenoxy) is 1. The maximum absolute atomic E-state index is 13.2. The Morgan fingerprint density at radius 3 is 2.32 bits per heavy atom. The molecule has 0 bridgehead atoms. The fraction of sp³-hybridized carbons (Fsp3) is 0.214. The third kappa shape index (κ3) is 6.51. The molecule has 0 aliphatic rings. The lowest BCUT2D eigenvalue weighted by molar-refractivity contribution is 0.0974. The molecule has 0 saturated carbocycles. The van der Waals surface area contributed by atoms with Crippen molar-refractivity contribution < 1.29 is 14.3 Å². The first-order valence-electron chi connectivity index (χ1n) is 11.5. The van der Waals surface area contributed by atoms with Crippen molar-refractivity contribution in [3.8, 4) is 29.2 Å². The van der Waals surface area contributed by atoms with Crippen molar-refractivity contribution in [2.45, 2.75) is 0 Å². The molecule has 1 heterocycles. The van der Waals surface area contributed by atoms with Crippen molar-refractivity contribution in [1.29, 1.82) is 5.41 Å². The van der Waals surface area contributed by atoms with E-state index in [0.29, 0.717) is 17.0 Å². The van der Waals surface area contributed by atoms with Gasteiger partial charge in [0.2, 0.25) is 0 Å². The van der Waals surface area contributed by atoms with E-state index in [9.17, 15) is 9.59 Å². The van der Waals surface area contributed by atoms with Gasteiger partial charge in [-0.2, -0.15) is 0 Å². The summed E-state index contributed by atoms with van der Waals surface area (Å²) in [7, 11) is 7.27. The molecule has 0 radical (unpaired) electrons. The first-order chi connectivity index (χ1) is 17.6. The Balaban J connectivity index is 1.94. The van der Waals surface area contributed by atoms with E-state index in [-0.39, 0.29) is 22.7 Å². The van der Waals surface area contributed by atoms with Crippen LogP contribution < -0.4 is 15.8 Å². The highest BCUT2D eigenvalue weighted by molar-refractivity contribution is 6.13. The molecule has 3 rings (SSSR count). The summed E-state index contributed by atoms with van der Waals surface area (Å²) in [6.07, 6.45) is 6.81. The Kier molecular flexibility index (Phi) is 8.61. The Morgan fingerprint density at radius 1 is 1.08 bits per heavy atom. The molecule has 2 amide bonds. The molecule has 9 nitrogen and oxygen atoms in total. The average Bonchev–Trinajstić information content (AvgIpc) is 2.90. The van der Waals surface area contributed by atoms with Gasteiger partial charge in [0, 0.05) is 37.5 Å². The van der Waals surface area contributed by atoms with Gasteiger partial charge in [-0.15, -0.1) is 6.42 Å². The number of terminal acetylenes is 1. The van der Waals surface area contributed by atoms with Crippen LogP contribution in [0.15, 0.2) is 54.7 Å². The monoisotopic (exact) mass is 498 g/mol. The number of carbonyl (C=O) groups is 2. The molecule has 3 aromatic rings. The van der Waals surface area contributed by atoms with E-state index in [2.05, 4.69) is 21.1 Å². The SMILES string of the molecule is C#Cc1ccc(NC(=O)c2cc(-c3ccc(C(=N)N(C)CCN(C)C)cc3)cc(OC)c2C(N)=O)nc1. The van der Waals surface area contributed by atoms with Gasteiger partial charge in [-0.1, -0.05) is 30.2 Å². The molecule has 0 aliphatic carbocycles. The van der Waals surface area contributed by atoms with Gasteiger partial charge in [-0.25, -0.2) is 4.98 Å². The van der Waals surface area contributed by atoms with Crippen LogP contribution in [0, 0.1) is 17.8 Å². The molecule has 0 unspecified atom stereocenters. The quantitative estimate of drug-likeness (QED) is 0.237. The zero-order valence-electron chi connectivity index (χ0n) is 21.3. The third-order valence-corrected chi connectivity index (χ3v) is 5.74. The molecule has 0 atom stereocenters. The van der Waals surface area contributed by atoms with E-state index in [4.69, 9.17) is 22.3 Å². The minimum absolute atomic E-state index is 0.0371. The fourth-order valence-corrected chi connectivity index (χ4v) is 3.62. The topological polar surface area (TPSA) is 125 Å². The first-order valence-corrected chi connectivity index (χ1v) is 11.5. The number of primary amides is 1. The number of hydrogen-bond donors (Lipinski definition) is 3. The number of pyridine rings is 1. The van der Waals surface area contributed by atoms with Gasteiger partial charge in [-0.3, -0.25) is 15.0 Å². The second-order valence-electron chi connectivity index (χ2n) is 8.65. The van der Waals surface area contributed by atoms with E-state index >= 15 is 0 Å². The number of hydrogen-bond acceptors (Lipinski definition) is 6. The highest BCUT2D eigenvalue weighted by Gasteiger charge is 2.23. The molecular formula is C28H30N6O3. The summed E-state index contributed by atoms with van der Waals surface area (Å²) in [5, 5.41) is 11.2. The number of methoxy groups -OCH3 is 1. The number of benzene rings is 2. The largest absolute Gasteiger partial charge is 0.496 e. The Bertz CT molecular complexity index is 1340. The average molecular weight is 499 g/mol. The van der Waals surface area contributed by atoms with Crippen LogP contribution in [0.1, 0.15) is 31.8 Å². The molecule has 0 saturated heterocycles. The number of anilines is 1. The molecule has 9 heteroatoms. The van der Waals surface area contributed by atoms with Crippen molar-refractivity contribution in [3.05, 3.63) is 77.0 Å². The number of aromatic nitrogens is 1.